The SMILES string of the molecule is C=CCOc1ccccc1NC(=O)NCCNC.Cl. The first-order valence-electron chi connectivity index (χ1n) is 5.80. The lowest BCUT2D eigenvalue weighted by Gasteiger charge is -2.12. The third-order valence-corrected chi connectivity index (χ3v) is 2.15. The zero-order valence-corrected chi connectivity index (χ0v) is 11.8. The molecule has 1 rings (SSSR count). The molecular weight excluding hydrogens is 266 g/mol. The molecule has 0 aromatic heterocycles. The van der Waals surface area contributed by atoms with Gasteiger partial charge in [-0.25, -0.2) is 4.79 Å². The number of para-hydroxylation sites is 2. The summed E-state index contributed by atoms with van der Waals surface area (Å²) in [7, 11) is 1.83. The molecule has 0 aliphatic heterocycles. The van der Waals surface area contributed by atoms with Gasteiger partial charge < -0.3 is 20.7 Å². The number of ether oxygens (including phenoxy) is 1. The Morgan fingerprint density at radius 1 is 1.37 bits per heavy atom. The van der Waals surface area contributed by atoms with Crippen LogP contribution in [-0.4, -0.2) is 32.8 Å². The summed E-state index contributed by atoms with van der Waals surface area (Å²) in [5.74, 6) is 0.626. The summed E-state index contributed by atoms with van der Waals surface area (Å²) in [6.45, 7) is 5.28. The molecular formula is C13H20ClN3O2. The minimum Gasteiger partial charge on any atom is -0.487 e. The van der Waals surface area contributed by atoms with Gasteiger partial charge >= 0.3 is 6.03 Å². The quantitative estimate of drug-likeness (QED) is 0.530. The van der Waals surface area contributed by atoms with Crippen molar-refractivity contribution in [3.8, 4) is 5.75 Å². The number of hydrogen-bond acceptors (Lipinski definition) is 3. The summed E-state index contributed by atoms with van der Waals surface area (Å²) < 4.78 is 5.44. The highest BCUT2D eigenvalue weighted by molar-refractivity contribution is 5.90. The molecule has 0 fully saturated rings. The molecule has 0 bridgehead atoms. The molecule has 0 atom stereocenters. The molecule has 1 aromatic carbocycles. The van der Waals surface area contributed by atoms with Crippen LogP contribution in [0.4, 0.5) is 10.5 Å². The number of carbonyl (C=O) groups is 1. The van der Waals surface area contributed by atoms with Crippen LogP contribution in [0.25, 0.3) is 0 Å². The maximum Gasteiger partial charge on any atom is 0.319 e. The van der Waals surface area contributed by atoms with Crippen LogP contribution in [0.15, 0.2) is 36.9 Å². The number of rotatable bonds is 7. The van der Waals surface area contributed by atoms with Gasteiger partial charge in [0.2, 0.25) is 0 Å². The molecule has 106 valence electrons. The van der Waals surface area contributed by atoms with Crippen molar-refractivity contribution < 1.29 is 9.53 Å². The van der Waals surface area contributed by atoms with E-state index in [4.69, 9.17) is 4.74 Å². The Bertz CT molecular complexity index is 399. The summed E-state index contributed by atoms with van der Waals surface area (Å²) >= 11 is 0. The minimum atomic E-state index is -0.250. The Labute approximate surface area is 119 Å². The van der Waals surface area contributed by atoms with Gasteiger partial charge in [-0.05, 0) is 19.2 Å². The van der Waals surface area contributed by atoms with E-state index in [9.17, 15) is 4.79 Å². The summed E-state index contributed by atoms with van der Waals surface area (Å²) in [5, 5.41) is 8.42. The van der Waals surface area contributed by atoms with E-state index in [1.165, 1.54) is 0 Å². The lowest BCUT2D eigenvalue weighted by molar-refractivity contribution is 0.252. The summed E-state index contributed by atoms with van der Waals surface area (Å²) in [5.41, 5.74) is 0.640. The molecule has 0 spiro atoms. The van der Waals surface area contributed by atoms with E-state index in [2.05, 4.69) is 22.5 Å². The fourth-order valence-corrected chi connectivity index (χ4v) is 1.31. The van der Waals surface area contributed by atoms with Gasteiger partial charge in [0.15, 0.2) is 0 Å². The molecule has 0 saturated heterocycles. The minimum absolute atomic E-state index is 0. The van der Waals surface area contributed by atoms with E-state index in [0.717, 1.165) is 6.54 Å². The first-order chi connectivity index (χ1) is 8.77. The molecule has 0 heterocycles. The van der Waals surface area contributed by atoms with Crippen LogP contribution in [-0.2, 0) is 0 Å². The average molecular weight is 286 g/mol. The average Bonchev–Trinajstić information content (AvgIpc) is 2.38. The number of benzene rings is 1. The lowest BCUT2D eigenvalue weighted by atomic mass is 10.3. The highest BCUT2D eigenvalue weighted by Crippen LogP contribution is 2.23. The van der Waals surface area contributed by atoms with Crippen molar-refractivity contribution in [2.45, 2.75) is 0 Å². The number of urea groups is 1. The van der Waals surface area contributed by atoms with Crippen LogP contribution in [0.2, 0.25) is 0 Å². The van der Waals surface area contributed by atoms with E-state index in [1.807, 2.05) is 19.2 Å². The first-order valence-corrected chi connectivity index (χ1v) is 5.80. The van der Waals surface area contributed by atoms with E-state index >= 15 is 0 Å². The second kappa shape index (κ2) is 10.2. The van der Waals surface area contributed by atoms with Crippen molar-refractivity contribution in [2.24, 2.45) is 0 Å². The third-order valence-electron chi connectivity index (χ3n) is 2.15. The normalized spacial score (nSPS) is 9.11. The van der Waals surface area contributed by atoms with Gasteiger partial charge in [-0.15, -0.1) is 12.4 Å². The Morgan fingerprint density at radius 3 is 2.79 bits per heavy atom. The molecule has 6 heteroatoms. The lowest BCUT2D eigenvalue weighted by Crippen LogP contribution is -2.33. The zero-order valence-electron chi connectivity index (χ0n) is 10.9. The van der Waals surface area contributed by atoms with Gasteiger partial charge in [-0.1, -0.05) is 24.8 Å². The van der Waals surface area contributed by atoms with Crippen LogP contribution >= 0.6 is 12.4 Å². The Kier molecular flexibility index (Phi) is 9.30. The largest absolute Gasteiger partial charge is 0.487 e. The van der Waals surface area contributed by atoms with Crippen molar-refractivity contribution in [3.63, 3.8) is 0 Å². The van der Waals surface area contributed by atoms with Gasteiger partial charge in [-0.2, -0.15) is 0 Å². The molecule has 0 radical (unpaired) electrons. The van der Waals surface area contributed by atoms with Crippen LogP contribution in [0, 0.1) is 0 Å². The molecule has 2 amide bonds. The highest BCUT2D eigenvalue weighted by atomic mass is 35.5. The van der Waals surface area contributed by atoms with Crippen molar-refractivity contribution in [3.05, 3.63) is 36.9 Å². The van der Waals surface area contributed by atoms with E-state index in [1.54, 1.807) is 18.2 Å². The van der Waals surface area contributed by atoms with E-state index in [0.29, 0.717) is 24.6 Å². The van der Waals surface area contributed by atoms with E-state index in [-0.39, 0.29) is 18.4 Å². The van der Waals surface area contributed by atoms with Crippen LogP contribution < -0.4 is 20.7 Å². The third kappa shape index (κ3) is 6.69. The van der Waals surface area contributed by atoms with E-state index < -0.39 is 0 Å². The van der Waals surface area contributed by atoms with Gasteiger partial charge in [0.25, 0.3) is 0 Å². The summed E-state index contributed by atoms with van der Waals surface area (Å²) in [6, 6.07) is 7.02. The van der Waals surface area contributed by atoms with Crippen LogP contribution in [0.3, 0.4) is 0 Å². The fourth-order valence-electron chi connectivity index (χ4n) is 1.31. The van der Waals surface area contributed by atoms with Gasteiger partial charge in [-0.3, -0.25) is 0 Å². The van der Waals surface area contributed by atoms with Crippen molar-refractivity contribution in [2.75, 3.05) is 32.1 Å². The van der Waals surface area contributed by atoms with Crippen molar-refractivity contribution >= 4 is 24.1 Å². The molecule has 19 heavy (non-hydrogen) atoms. The number of hydrogen-bond donors (Lipinski definition) is 3. The Hall–Kier alpha value is -1.72. The molecule has 0 aliphatic carbocycles. The number of anilines is 1. The number of carbonyl (C=O) groups excluding carboxylic acids is 1. The fraction of sp³-hybridized carbons (Fsp3) is 0.308. The maximum absolute atomic E-state index is 11.6. The van der Waals surface area contributed by atoms with Crippen molar-refractivity contribution in [1.29, 1.82) is 0 Å². The molecule has 5 nitrogen and oxygen atoms in total. The smallest absolute Gasteiger partial charge is 0.319 e. The number of likely N-dealkylation sites (N-methyl/N-ethyl adjacent to an activating group) is 1. The Morgan fingerprint density at radius 2 is 2.11 bits per heavy atom. The maximum atomic E-state index is 11.6. The Balaban J connectivity index is 0.00000324. The predicted octanol–water partition coefficient (Wildman–Crippen LogP) is 2.01. The van der Waals surface area contributed by atoms with Gasteiger partial charge in [0, 0.05) is 13.1 Å². The second-order valence-corrected chi connectivity index (χ2v) is 3.58. The number of halogens is 1. The standard InChI is InChI=1S/C13H19N3O2.ClH/c1-3-10-18-12-7-5-4-6-11(12)16-13(17)15-9-8-14-2;/h3-7,14H,1,8-10H2,2H3,(H2,15,16,17);1H. The first kappa shape index (κ1) is 17.3. The molecule has 0 saturated carbocycles. The zero-order chi connectivity index (χ0) is 13.2. The van der Waals surface area contributed by atoms with Gasteiger partial charge in [0.1, 0.15) is 12.4 Å². The molecule has 0 aliphatic rings. The van der Waals surface area contributed by atoms with Crippen LogP contribution in [0.1, 0.15) is 0 Å². The second-order valence-electron chi connectivity index (χ2n) is 3.58. The summed E-state index contributed by atoms with van der Waals surface area (Å²) in [4.78, 5) is 11.6. The molecule has 3 N–H and O–H groups in total. The van der Waals surface area contributed by atoms with Crippen LogP contribution in [0.5, 0.6) is 5.75 Å². The number of nitrogens with one attached hydrogen (secondary N) is 3. The molecule has 0 unspecified atom stereocenters. The monoisotopic (exact) mass is 285 g/mol. The summed E-state index contributed by atoms with van der Waals surface area (Å²) in [6.07, 6.45) is 1.66. The van der Waals surface area contributed by atoms with Crippen molar-refractivity contribution in [1.82, 2.24) is 10.6 Å². The highest BCUT2D eigenvalue weighted by Gasteiger charge is 2.05. The number of amides is 2. The topological polar surface area (TPSA) is 62.4 Å². The predicted molar refractivity (Wildman–Crippen MR) is 80.3 cm³/mol. The molecule has 1 aromatic rings. The van der Waals surface area contributed by atoms with Gasteiger partial charge in [0.05, 0.1) is 5.69 Å².